The van der Waals surface area contributed by atoms with E-state index in [-0.39, 0.29) is 12.2 Å². The van der Waals surface area contributed by atoms with Crippen molar-refractivity contribution in [3.8, 4) is 0 Å². The molecule has 1 saturated heterocycles. The van der Waals surface area contributed by atoms with E-state index in [1.165, 1.54) is 0 Å². The molecule has 0 amide bonds. The summed E-state index contributed by atoms with van der Waals surface area (Å²) in [5, 5.41) is 0. The molecular formula is C12H22O3. The Bertz CT molecular complexity index is 185. The van der Waals surface area contributed by atoms with Crippen molar-refractivity contribution in [2.24, 2.45) is 5.92 Å². The van der Waals surface area contributed by atoms with Gasteiger partial charge in [0.05, 0.1) is 19.6 Å². The van der Waals surface area contributed by atoms with Crippen molar-refractivity contribution in [1.82, 2.24) is 0 Å². The van der Waals surface area contributed by atoms with Crippen LogP contribution in [-0.2, 0) is 14.3 Å². The van der Waals surface area contributed by atoms with E-state index in [0.29, 0.717) is 25.4 Å². The fraction of sp³-hybridized carbons (Fsp3) is 0.917. The van der Waals surface area contributed by atoms with Gasteiger partial charge in [-0.15, -0.1) is 0 Å². The van der Waals surface area contributed by atoms with Crippen LogP contribution in [0.1, 0.15) is 46.0 Å². The molecule has 1 aliphatic heterocycles. The first-order chi connectivity index (χ1) is 7.27. The maximum Gasteiger partial charge on any atom is 0.164 e. The van der Waals surface area contributed by atoms with Gasteiger partial charge in [0.2, 0.25) is 0 Å². The van der Waals surface area contributed by atoms with Crippen LogP contribution in [0.5, 0.6) is 0 Å². The zero-order valence-corrected chi connectivity index (χ0v) is 9.83. The Labute approximate surface area is 92.1 Å². The molecular weight excluding hydrogens is 192 g/mol. The fourth-order valence-electron chi connectivity index (χ4n) is 1.90. The van der Waals surface area contributed by atoms with E-state index in [2.05, 4.69) is 13.8 Å². The van der Waals surface area contributed by atoms with Crippen LogP contribution in [0, 0.1) is 5.92 Å². The Balaban J connectivity index is 2.28. The quantitative estimate of drug-likeness (QED) is 0.653. The summed E-state index contributed by atoms with van der Waals surface area (Å²) >= 11 is 0. The summed E-state index contributed by atoms with van der Waals surface area (Å²) in [4.78, 5) is 11.9. The first-order valence-corrected chi connectivity index (χ1v) is 6.03. The molecule has 1 atom stereocenters. The number of ether oxygens (including phenoxy) is 2. The Morgan fingerprint density at radius 2 is 2.00 bits per heavy atom. The molecule has 1 unspecified atom stereocenters. The molecule has 88 valence electrons. The molecule has 3 heteroatoms. The zero-order valence-electron chi connectivity index (χ0n) is 9.83. The minimum absolute atomic E-state index is 0.206. The predicted octanol–water partition coefficient (Wildman–Crippen LogP) is 2.53. The third kappa shape index (κ3) is 4.31. The molecule has 1 rings (SSSR count). The van der Waals surface area contributed by atoms with E-state index < -0.39 is 0 Å². The lowest BCUT2D eigenvalue weighted by Crippen LogP contribution is -2.21. The topological polar surface area (TPSA) is 35.5 Å². The minimum atomic E-state index is -0.270. The molecule has 1 fully saturated rings. The highest BCUT2D eigenvalue weighted by atomic mass is 16.7. The molecule has 1 heterocycles. The van der Waals surface area contributed by atoms with E-state index in [1.54, 1.807) is 0 Å². The van der Waals surface area contributed by atoms with Gasteiger partial charge in [0, 0.05) is 5.92 Å². The van der Waals surface area contributed by atoms with Gasteiger partial charge in [-0.05, 0) is 12.8 Å². The average Bonchev–Trinajstić information content (AvgIpc) is 2.71. The molecule has 0 aromatic carbocycles. The molecule has 0 bridgehead atoms. The number of ketones is 1. The first kappa shape index (κ1) is 12.7. The molecule has 0 aromatic rings. The molecule has 0 radical (unpaired) electrons. The van der Waals surface area contributed by atoms with E-state index >= 15 is 0 Å². The number of rotatable bonds is 7. The number of carbonyl (C=O) groups is 1. The summed E-state index contributed by atoms with van der Waals surface area (Å²) in [5.41, 5.74) is 0. The second-order valence-electron chi connectivity index (χ2n) is 4.09. The number of Topliss-reactive ketones (excluding diaryl/α,β-unsaturated/α-hetero) is 1. The highest BCUT2D eigenvalue weighted by Gasteiger charge is 2.23. The summed E-state index contributed by atoms with van der Waals surface area (Å²) in [6, 6.07) is 0. The van der Waals surface area contributed by atoms with Crippen molar-refractivity contribution in [3.63, 3.8) is 0 Å². The van der Waals surface area contributed by atoms with Gasteiger partial charge in [-0.25, -0.2) is 0 Å². The Hall–Kier alpha value is -0.410. The molecule has 0 spiro atoms. The van der Waals surface area contributed by atoms with Crippen molar-refractivity contribution in [2.75, 3.05) is 13.2 Å². The maximum atomic E-state index is 11.9. The van der Waals surface area contributed by atoms with Crippen LogP contribution >= 0.6 is 0 Å². The smallest absolute Gasteiger partial charge is 0.164 e. The normalized spacial score (nSPS) is 19.3. The van der Waals surface area contributed by atoms with Crippen LogP contribution in [0.2, 0.25) is 0 Å². The van der Waals surface area contributed by atoms with Gasteiger partial charge in [0.25, 0.3) is 0 Å². The third-order valence-corrected chi connectivity index (χ3v) is 2.91. The first-order valence-electron chi connectivity index (χ1n) is 6.03. The predicted molar refractivity (Wildman–Crippen MR) is 58.6 cm³/mol. The van der Waals surface area contributed by atoms with Crippen LogP contribution < -0.4 is 0 Å². The molecule has 3 nitrogen and oxygen atoms in total. The van der Waals surface area contributed by atoms with Crippen LogP contribution in [0.3, 0.4) is 0 Å². The van der Waals surface area contributed by atoms with Gasteiger partial charge < -0.3 is 9.47 Å². The summed E-state index contributed by atoms with van der Waals surface area (Å²) in [6.45, 7) is 5.49. The minimum Gasteiger partial charge on any atom is -0.350 e. The Morgan fingerprint density at radius 1 is 1.33 bits per heavy atom. The van der Waals surface area contributed by atoms with Gasteiger partial charge in [0.1, 0.15) is 5.78 Å². The SMILES string of the molecule is CCCCC(CC)C(=O)CC1OCCO1. The number of unbranched alkanes of at least 4 members (excludes halogenated alkanes) is 1. The van der Waals surface area contributed by atoms with Crippen LogP contribution in [0.25, 0.3) is 0 Å². The van der Waals surface area contributed by atoms with Gasteiger partial charge in [-0.1, -0.05) is 26.7 Å². The molecule has 15 heavy (non-hydrogen) atoms. The summed E-state index contributed by atoms with van der Waals surface area (Å²) in [6.07, 6.45) is 4.40. The second kappa shape index (κ2) is 6.96. The lowest BCUT2D eigenvalue weighted by Gasteiger charge is -2.15. The molecule has 0 N–H and O–H groups in total. The second-order valence-corrected chi connectivity index (χ2v) is 4.09. The molecule has 1 aliphatic rings. The molecule has 0 aliphatic carbocycles. The van der Waals surface area contributed by atoms with Crippen molar-refractivity contribution >= 4 is 5.78 Å². The van der Waals surface area contributed by atoms with Crippen LogP contribution in [0.4, 0.5) is 0 Å². The van der Waals surface area contributed by atoms with Crippen molar-refractivity contribution in [2.45, 2.75) is 52.2 Å². The van der Waals surface area contributed by atoms with Gasteiger partial charge >= 0.3 is 0 Å². The number of hydrogen-bond donors (Lipinski definition) is 0. The molecule has 0 aromatic heterocycles. The standard InChI is InChI=1S/C12H22O3/c1-3-5-6-10(4-2)11(13)9-12-14-7-8-15-12/h10,12H,3-9H2,1-2H3. The van der Waals surface area contributed by atoms with E-state index in [9.17, 15) is 4.79 Å². The fourth-order valence-corrected chi connectivity index (χ4v) is 1.90. The van der Waals surface area contributed by atoms with Gasteiger partial charge in [0.15, 0.2) is 6.29 Å². The highest BCUT2D eigenvalue weighted by Crippen LogP contribution is 2.18. The van der Waals surface area contributed by atoms with E-state index in [4.69, 9.17) is 9.47 Å². The monoisotopic (exact) mass is 214 g/mol. The summed E-state index contributed by atoms with van der Waals surface area (Å²) < 4.78 is 10.6. The lowest BCUT2D eigenvalue weighted by molar-refractivity contribution is -0.131. The highest BCUT2D eigenvalue weighted by molar-refractivity contribution is 5.81. The number of hydrogen-bond acceptors (Lipinski definition) is 3. The van der Waals surface area contributed by atoms with Gasteiger partial charge in [-0.2, -0.15) is 0 Å². The Kier molecular flexibility index (Phi) is 5.88. The third-order valence-electron chi connectivity index (χ3n) is 2.91. The van der Waals surface area contributed by atoms with Crippen LogP contribution in [0.15, 0.2) is 0 Å². The zero-order chi connectivity index (χ0) is 11.1. The average molecular weight is 214 g/mol. The van der Waals surface area contributed by atoms with E-state index in [0.717, 1.165) is 25.7 Å². The van der Waals surface area contributed by atoms with Crippen molar-refractivity contribution < 1.29 is 14.3 Å². The van der Waals surface area contributed by atoms with Crippen molar-refractivity contribution in [3.05, 3.63) is 0 Å². The largest absolute Gasteiger partial charge is 0.350 e. The van der Waals surface area contributed by atoms with E-state index in [1.807, 2.05) is 0 Å². The Morgan fingerprint density at radius 3 is 2.53 bits per heavy atom. The molecule has 0 saturated carbocycles. The summed E-state index contributed by atoms with van der Waals surface area (Å²) in [5.74, 6) is 0.510. The maximum absolute atomic E-state index is 11.9. The lowest BCUT2D eigenvalue weighted by atomic mass is 9.93. The van der Waals surface area contributed by atoms with Crippen LogP contribution in [-0.4, -0.2) is 25.3 Å². The van der Waals surface area contributed by atoms with Crippen molar-refractivity contribution in [1.29, 1.82) is 0 Å². The number of carbonyl (C=O) groups excluding carboxylic acids is 1. The van der Waals surface area contributed by atoms with Gasteiger partial charge in [-0.3, -0.25) is 4.79 Å². The summed E-state index contributed by atoms with van der Waals surface area (Å²) in [7, 11) is 0.